The van der Waals surface area contributed by atoms with Gasteiger partial charge in [0.25, 0.3) is 5.91 Å². The second kappa shape index (κ2) is 7.15. The summed E-state index contributed by atoms with van der Waals surface area (Å²) in [5.74, 6) is -1.78. The van der Waals surface area contributed by atoms with Crippen LogP contribution in [0, 0.1) is 6.92 Å². The molecule has 0 aliphatic heterocycles. The highest BCUT2D eigenvalue weighted by Crippen LogP contribution is 2.30. The van der Waals surface area contributed by atoms with Crippen LogP contribution in [0.5, 0.6) is 0 Å². The number of rotatable bonds is 4. The zero-order chi connectivity index (χ0) is 19.8. The first-order chi connectivity index (χ1) is 12.7. The summed E-state index contributed by atoms with van der Waals surface area (Å²) in [6.45, 7) is 3.94. The zero-order valence-electron chi connectivity index (χ0n) is 14.7. The van der Waals surface area contributed by atoms with E-state index >= 15 is 0 Å². The monoisotopic (exact) mass is 395 g/mol. The highest BCUT2D eigenvalue weighted by Gasteiger charge is 2.38. The molecule has 5 nitrogen and oxygen atoms in total. The van der Waals surface area contributed by atoms with Crippen LogP contribution in [0.25, 0.3) is 11.4 Å². The fourth-order valence-electron chi connectivity index (χ4n) is 2.47. The molecule has 0 fully saturated rings. The van der Waals surface area contributed by atoms with E-state index in [9.17, 15) is 18.0 Å². The number of hydrogen-bond acceptors (Lipinski definition) is 5. The lowest BCUT2D eigenvalue weighted by Gasteiger charge is -2.24. The van der Waals surface area contributed by atoms with E-state index < -0.39 is 12.1 Å². The SMILES string of the molecule is Cc1ccc(C(C)N(C)C(=O)c2ccc(-c3noc(C(F)(F)F)n3)cc2)s1. The Morgan fingerprint density at radius 3 is 2.37 bits per heavy atom. The van der Waals surface area contributed by atoms with E-state index in [0.29, 0.717) is 11.1 Å². The second-order valence-electron chi connectivity index (χ2n) is 6.04. The first kappa shape index (κ1) is 19.1. The van der Waals surface area contributed by atoms with Gasteiger partial charge in [0.2, 0.25) is 5.82 Å². The predicted molar refractivity (Wildman–Crippen MR) is 94.3 cm³/mol. The lowest BCUT2D eigenvalue weighted by Crippen LogP contribution is -2.29. The molecule has 1 unspecified atom stereocenters. The molecule has 142 valence electrons. The summed E-state index contributed by atoms with van der Waals surface area (Å²) < 4.78 is 41.9. The third-order valence-corrected chi connectivity index (χ3v) is 5.30. The van der Waals surface area contributed by atoms with Crippen molar-refractivity contribution in [2.24, 2.45) is 0 Å². The fraction of sp³-hybridized carbons (Fsp3) is 0.278. The molecule has 3 aromatic rings. The van der Waals surface area contributed by atoms with Crippen molar-refractivity contribution < 1.29 is 22.5 Å². The van der Waals surface area contributed by atoms with Crippen LogP contribution in [-0.2, 0) is 6.18 Å². The minimum absolute atomic E-state index is 0.0950. The first-order valence-electron chi connectivity index (χ1n) is 8.01. The van der Waals surface area contributed by atoms with Crippen molar-refractivity contribution in [2.75, 3.05) is 7.05 Å². The lowest BCUT2D eigenvalue weighted by atomic mass is 10.1. The van der Waals surface area contributed by atoms with E-state index in [1.807, 2.05) is 26.0 Å². The Balaban J connectivity index is 1.76. The number of hydrogen-bond donors (Lipinski definition) is 0. The van der Waals surface area contributed by atoms with Crippen molar-refractivity contribution in [1.29, 1.82) is 0 Å². The maximum absolute atomic E-state index is 12.7. The Kier molecular flexibility index (Phi) is 5.05. The summed E-state index contributed by atoms with van der Waals surface area (Å²) in [6.07, 6.45) is -4.69. The molecule has 9 heteroatoms. The normalized spacial score (nSPS) is 12.8. The predicted octanol–water partition coefficient (Wildman–Crippen LogP) is 4.96. The van der Waals surface area contributed by atoms with Crippen molar-refractivity contribution in [3.05, 3.63) is 57.6 Å². The van der Waals surface area contributed by atoms with Gasteiger partial charge < -0.3 is 9.42 Å². The Bertz CT molecular complexity index is 947. The number of carbonyl (C=O) groups excluding carboxylic acids is 1. The standard InChI is InChI=1S/C18H16F3N3O2S/c1-10-4-9-14(27-10)11(2)24(3)16(25)13-7-5-12(6-8-13)15-22-17(26-23-15)18(19,20)21/h4-9,11H,1-3H3. The molecule has 0 spiro atoms. The summed E-state index contributed by atoms with van der Waals surface area (Å²) in [5, 5.41) is 3.33. The number of benzene rings is 1. The minimum atomic E-state index is -4.69. The van der Waals surface area contributed by atoms with Gasteiger partial charge in [0.1, 0.15) is 0 Å². The van der Waals surface area contributed by atoms with Crippen LogP contribution in [0.1, 0.15) is 39.0 Å². The third-order valence-electron chi connectivity index (χ3n) is 4.13. The number of nitrogens with zero attached hydrogens (tertiary/aromatic N) is 3. The summed E-state index contributed by atoms with van der Waals surface area (Å²) >= 11 is 1.63. The molecule has 0 bridgehead atoms. The van der Waals surface area contributed by atoms with E-state index in [0.717, 1.165) is 4.88 Å². The Morgan fingerprint density at radius 1 is 1.19 bits per heavy atom. The summed E-state index contributed by atoms with van der Waals surface area (Å²) in [5.41, 5.74) is 0.747. The summed E-state index contributed by atoms with van der Waals surface area (Å²) in [4.78, 5) is 19.9. The van der Waals surface area contributed by atoms with Gasteiger partial charge >= 0.3 is 12.1 Å². The maximum atomic E-state index is 12.7. The van der Waals surface area contributed by atoms with Crippen LogP contribution in [0.2, 0.25) is 0 Å². The van der Waals surface area contributed by atoms with E-state index in [1.54, 1.807) is 23.3 Å². The molecule has 2 heterocycles. The molecular weight excluding hydrogens is 379 g/mol. The van der Waals surface area contributed by atoms with E-state index in [-0.39, 0.29) is 17.8 Å². The Labute approximate surface area is 157 Å². The van der Waals surface area contributed by atoms with E-state index in [4.69, 9.17) is 0 Å². The van der Waals surface area contributed by atoms with Crippen LogP contribution in [-0.4, -0.2) is 28.0 Å². The van der Waals surface area contributed by atoms with Gasteiger partial charge in [-0.3, -0.25) is 4.79 Å². The number of aryl methyl sites for hydroxylation is 1. The average molecular weight is 395 g/mol. The molecular formula is C18H16F3N3O2S. The minimum Gasteiger partial charge on any atom is -0.334 e. The van der Waals surface area contributed by atoms with Crippen molar-refractivity contribution in [2.45, 2.75) is 26.1 Å². The van der Waals surface area contributed by atoms with Gasteiger partial charge in [-0.1, -0.05) is 17.3 Å². The number of thiophene rings is 1. The van der Waals surface area contributed by atoms with Crippen LogP contribution < -0.4 is 0 Å². The molecule has 27 heavy (non-hydrogen) atoms. The fourth-order valence-corrected chi connectivity index (χ4v) is 3.44. The van der Waals surface area contributed by atoms with Crippen LogP contribution >= 0.6 is 11.3 Å². The van der Waals surface area contributed by atoms with Crippen molar-refractivity contribution in [3.63, 3.8) is 0 Å². The smallest absolute Gasteiger partial charge is 0.334 e. The van der Waals surface area contributed by atoms with Gasteiger partial charge in [-0.2, -0.15) is 18.2 Å². The molecule has 0 aliphatic carbocycles. The molecule has 3 rings (SSSR count). The molecule has 2 aromatic heterocycles. The van der Waals surface area contributed by atoms with Crippen molar-refractivity contribution >= 4 is 17.2 Å². The van der Waals surface area contributed by atoms with E-state index in [1.165, 1.54) is 29.1 Å². The van der Waals surface area contributed by atoms with Crippen LogP contribution in [0.15, 0.2) is 40.9 Å². The Morgan fingerprint density at radius 2 is 1.85 bits per heavy atom. The third kappa shape index (κ3) is 4.02. The van der Waals surface area contributed by atoms with E-state index in [2.05, 4.69) is 14.7 Å². The molecule has 1 aromatic carbocycles. The highest BCUT2D eigenvalue weighted by atomic mass is 32.1. The van der Waals surface area contributed by atoms with Gasteiger partial charge in [0, 0.05) is 27.9 Å². The van der Waals surface area contributed by atoms with Crippen molar-refractivity contribution in [1.82, 2.24) is 15.0 Å². The number of halogens is 3. The van der Waals surface area contributed by atoms with Gasteiger partial charge in [0.15, 0.2) is 0 Å². The zero-order valence-corrected chi connectivity index (χ0v) is 15.6. The number of carbonyl (C=O) groups is 1. The number of alkyl halides is 3. The molecule has 1 atom stereocenters. The molecule has 0 N–H and O–H groups in total. The number of aromatic nitrogens is 2. The van der Waals surface area contributed by atoms with Gasteiger partial charge in [-0.05, 0) is 38.1 Å². The van der Waals surface area contributed by atoms with Crippen LogP contribution in [0.4, 0.5) is 13.2 Å². The summed E-state index contributed by atoms with van der Waals surface area (Å²) in [6, 6.07) is 9.95. The number of amides is 1. The average Bonchev–Trinajstić information content (AvgIpc) is 3.29. The van der Waals surface area contributed by atoms with Crippen LogP contribution in [0.3, 0.4) is 0 Å². The molecule has 0 saturated heterocycles. The first-order valence-corrected chi connectivity index (χ1v) is 8.83. The largest absolute Gasteiger partial charge is 0.471 e. The summed E-state index contributed by atoms with van der Waals surface area (Å²) in [7, 11) is 1.71. The van der Waals surface area contributed by atoms with Gasteiger partial charge in [-0.15, -0.1) is 11.3 Å². The maximum Gasteiger partial charge on any atom is 0.471 e. The highest BCUT2D eigenvalue weighted by molar-refractivity contribution is 7.12. The molecule has 1 amide bonds. The molecule has 0 saturated carbocycles. The topological polar surface area (TPSA) is 59.2 Å². The van der Waals surface area contributed by atoms with Gasteiger partial charge in [0.05, 0.1) is 6.04 Å². The second-order valence-corrected chi connectivity index (χ2v) is 7.36. The quantitative estimate of drug-likeness (QED) is 0.627. The Hall–Kier alpha value is -2.68. The van der Waals surface area contributed by atoms with Crippen molar-refractivity contribution in [3.8, 4) is 11.4 Å². The molecule has 0 aliphatic rings. The molecule has 0 radical (unpaired) electrons. The van der Waals surface area contributed by atoms with Gasteiger partial charge in [-0.25, -0.2) is 0 Å². The lowest BCUT2D eigenvalue weighted by molar-refractivity contribution is -0.159.